The Morgan fingerprint density at radius 2 is 1.96 bits per heavy atom. The van der Waals surface area contributed by atoms with E-state index in [9.17, 15) is 0 Å². The molecule has 0 aliphatic carbocycles. The van der Waals surface area contributed by atoms with Gasteiger partial charge in [0.25, 0.3) is 0 Å². The van der Waals surface area contributed by atoms with Gasteiger partial charge in [-0.15, -0.1) is 24.0 Å². The van der Waals surface area contributed by atoms with Crippen LogP contribution in [0.3, 0.4) is 0 Å². The van der Waals surface area contributed by atoms with E-state index in [0.29, 0.717) is 11.6 Å². The molecule has 1 aromatic carbocycles. The van der Waals surface area contributed by atoms with Gasteiger partial charge in [-0.05, 0) is 51.1 Å². The minimum Gasteiger partial charge on any atom is -0.489 e. The molecule has 2 rings (SSSR count). The highest BCUT2D eigenvalue weighted by Crippen LogP contribution is 2.16. The molecule has 2 N–H and O–H groups in total. The van der Waals surface area contributed by atoms with Crippen molar-refractivity contribution < 1.29 is 9.47 Å². The molecule has 1 aliphatic rings. The van der Waals surface area contributed by atoms with Crippen LogP contribution >= 0.6 is 35.6 Å². The fourth-order valence-electron chi connectivity index (χ4n) is 2.68. The number of nitrogens with one attached hydrogen (secondary N) is 2. The summed E-state index contributed by atoms with van der Waals surface area (Å²) in [5, 5.41) is 7.38. The highest BCUT2D eigenvalue weighted by molar-refractivity contribution is 14.0. The first-order valence-corrected chi connectivity index (χ1v) is 9.79. The Balaban J connectivity index is 0.00000364. The number of nitrogens with zero attached hydrogens (tertiary/aromatic N) is 2. The zero-order valence-corrected chi connectivity index (χ0v) is 19.3. The summed E-state index contributed by atoms with van der Waals surface area (Å²) in [7, 11) is 0. The van der Waals surface area contributed by atoms with E-state index >= 15 is 0 Å². The second-order valence-corrected chi connectivity index (χ2v) is 6.77. The number of ether oxygens (including phenoxy) is 2. The summed E-state index contributed by atoms with van der Waals surface area (Å²) < 4.78 is 11.2. The van der Waals surface area contributed by atoms with Gasteiger partial charge in [0, 0.05) is 31.2 Å². The van der Waals surface area contributed by atoms with Crippen molar-refractivity contribution >= 4 is 41.5 Å². The molecule has 1 saturated heterocycles. The van der Waals surface area contributed by atoms with E-state index in [1.807, 2.05) is 31.2 Å². The lowest BCUT2D eigenvalue weighted by Crippen LogP contribution is -2.41. The summed E-state index contributed by atoms with van der Waals surface area (Å²) in [6, 6.07) is 7.40. The Kier molecular flexibility index (Phi) is 12.8. The van der Waals surface area contributed by atoms with E-state index in [4.69, 9.17) is 21.1 Å². The largest absolute Gasteiger partial charge is 0.489 e. The second-order valence-electron chi connectivity index (χ2n) is 6.34. The first kappa shape index (κ1) is 24.3. The fourth-order valence-corrected chi connectivity index (χ4v) is 2.80. The molecule has 8 heteroatoms. The third kappa shape index (κ3) is 10.4. The van der Waals surface area contributed by atoms with E-state index in [0.717, 1.165) is 64.1 Å². The number of aliphatic imine (C=N–C) groups is 1. The molecule has 1 aromatic rings. The molecule has 0 aromatic heterocycles. The smallest absolute Gasteiger partial charge is 0.191 e. The van der Waals surface area contributed by atoms with E-state index in [1.54, 1.807) is 0 Å². The average Bonchev–Trinajstić information content (AvgIpc) is 2.66. The maximum absolute atomic E-state index is 5.89. The van der Waals surface area contributed by atoms with Crippen molar-refractivity contribution in [1.29, 1.82) is 0 Å². The molecule has 1 aliphatic heterocycles. The van der Waals surface area contributed by atoms with Crippen LogP contribution in [0.25, 0.3) is 0 Å². The molecule has 1 atom stereocenters. The SMILES string of the molecule is CCNC(=NCC(C)Oc1ccc(Cl)cc1)NCCCN1CCOCC1.I. The van der Waals surface area contributed by atoms with Gasteiger partial charge in [0.05, 0.1) is 19.8 Å². The van der Waals surface area contributed by atoms with Crippen molar-refractivity contribution in [3.05, 3.63) is 29.3 Å². The van der Waals surface area contributed by atoms with E-state index in [2.05, 4.69) is 27.4 Å². The molecule has 154 valence electrons. The number of rotatable bonds is 9. The van der Waals surface area contributed by atoms with Gasteiger partial charge in [-0.1, -0.05) is 11.6 Å². The summed E-state index contributed by atoms with van der Waals surface area (Å²) in [6.45, 7) is 11.3. The van der Waals surface area contributed by atoms with Gasteiger partial charge in [0.1, 0.15) is 11.9 Å². The predicted molar refractivity (Wildman–Crippen MR) is 123 cm³/mol. The number of morpholine rings is 1. The van der Waals surface area contributed by atoms with Crippen molar-refractivity contribution in [2.45, 2.75) is 26.4 Å². The molecule has 0 amide bonds. The number of guanidine groups is 1. The number of hydrogen-bond acceptors (Lipinski definition) is 4. The first-order chi connectivity index (χ1) is 12.7. The van der Waals surface area contributed by atoms with Crippen molar-refractivity contribution in [2.75, 3.05) is 52.5 Å². The van der Waals surface area contributed by atoms with E-state index < -0.39 is 0 Å². The van der Waals surface area contributed by atoms with Crippen LogP contribution in [0.2, 0.25) is 5.02 Å². The summed E-state index contributed by atoms with van der Waals surface area (Å²) >= 11 is 5.89. The maximum Gasteiger partial charge on any atom is 0.191 e. The van der Waals surface area contributed by atoms with Crippen LogP contribution in [0.4, 0.5) is 0 Å². The van der Waals surface area contributed by atoms with Gasteiger partial charge in [0.2, 0.25) is 0 Å². The molecular weight excluding hydrogens is 479 g/mol. The third-order valence-corrected chi connectivity index (χ3v) is 4.30. The fraction of sp³-hybridized carbons (Fsp3) is 0.632. The molecule has 0 saturated carbocycles. The highest BCUT2D eigenvalue weighted by Gasteiger charge is 2.09. The predicted octanol–water partition coefficient (Wildman–Crippen LogP) is 3.00. The lowest BCUT2D eigenvalue weighted by atomic mass is 10.3. The molecule has 6 nitrogen and oxygen atoms in total. The Morgan fingerprint density at radius 3 is 2.63 bits per heavy atom. The summed E-state index contributed by atoms with van der Waals surface area (Å²) in [4.78, 5) is 7.06. The van der Waals surface area contributed by atoms with Crippen LogP contribution in [0.15, 0.2) is 29.3 Å². The summed E-state index contributed by atoms with van der Waals surface area (Å²) in [5.74, 6) is 1.64. The molecule has 27 heavy (non-hydrogen) atoms. The lowest BCUT2D eigenvalue weighted by molar-refractivity contribution is 0.0376. The van der Waals surface area contributed by atoms with Gasteiger partial charge in [-0.2, -0.15) is 0 Å². The van der Waals surface area contributed by atoms with Crippen LogP contribution in [-0.2, 0) is 4.74 Å². The van der Waals surface area contributed by atoms with E-state index in [-0.39, 0.29) is 30.1 Å². The van der Waals surface area contributed by atoms with Crippen molar-refractivity contribution in [3.8, 4) is 5.75 Å². The topological polar surface area (TPSA) is 58.1 Å². The minimum absolute atomic E-state index is 0. The van der Waals surface area contributed by atoms with Crippen LogP contribution < -0.4 is 15.4 Å². The number of benzene rings is 1. The molecule has 0 radical (unpaired) electrons. The lowest BCUT2D eigenvalue weighted by Gasteiger charge is -2.26. The van der Waals surface area contributed by atoms with Crippen LogP contribution in [0.1, 0.15) is 20.3 Å². The summed E-state index contributed by atoms with van der Waals surface area (Å²) in [5.41, 5.74) is 0. The van der Waals surface area contributed by atoms with Gasteiger partial charge in [0.15, 0.2) is 5.96 Å². The molecule has 1 unspecified atom stereocenters. The van der Waals surface area contributed by atoms with Gasteiger partial charge >= 0.3 is 0 Å². The molecule has 1 fully saturated rings. The van der Waals surface area contributed by atoms with Crippen LogP contribution in [-0.4, -0.2) is 69.4 Å². The molecule has 0 spiro atoms. The van der Waals surface area contributed by atoms with E-state index in [1.165, 1.54) is 0 Å². The molecule has 1 heterocycles. The highest BCUT2D eigenvalue weighted by atomic mass is 127. The molecular formula is C19H32ClIN4O2. The Morgan fingerprint density at radius 1 is 1.26 bits per heavy atom. The zero-order chi connectivity index (χ0) is 18.6. The van der Waals surface area contributed by atoms with Gasteiger partial charge in [-0.3, -0.25) is 4.90 Å². The average molecular weight is 511 g/mol. The number of hydrogen-bond donors (Lipinski definition) is 2. The monoisotopic (exact) mass is 510 g/mol. The Labute approximate surface area is 185 Å². The normalized spacial score (nSPS) is 16.3. The maximum atomic E-state index is 5.89. The van der Waals surface area contributed by atoms with Crippen LogP contribution in [0, 0.1) is 0 Å². The van der Waals surface area contributed by atoms with Crippen molar-refractivity contribution in [3.63, 3.8) is 0 Å². The summed E-state index contributed by atoms with van der Waals surface area (Å²) in [6.07, 6.45) is 1.07. The van der Waals surface area contributed by atoms with Crippen LogP contribution in [0.5, 0.6) is 5.75 Å². The van der Waals surface area contributed by atoms with Gasteiger partial charge in [-0.25, -0.2) is 4.99 Å². The minimum atomic E-state index is -0.0139. The zero-order valence-electron chi connectivity index (χ0n) is 16.2. The van der Waals surface area contributed by atoms with Crippen molar-refractivity contribution in [2.24, 2.45) is 4.99 Å². The third-order valence-electron chi connectivity index (χ3n) is 4.05. The van der Waals surface area contributed by atoms with Gasteiger partial charge < -0.3 is 20.1 Å². The Bertz CT molecular complexity index is 539. The quantitative estimate of drug-likeness (QED) is 0.232. The standard InChI is InChI=1S/C19H31ClN4O2.HI/c1-3-21-19(22-9-4-10-24-11-13-25-14-12-24)23-15-16(2)26-18-7-5-17(20)6-8-18;/h5-8,16H,3-4,9-15H2,1-2H3,(H2,21,22,23);1H. The second kappa shape index (κ2) is 14.3. The van der Waals surface area contributed by atoms with Crippen molar-refractivity contribution in [1.82, 2.24) is 15.5 Å². The number of halogens is 2. The molecule has 0 bridgehead atoms. The first-order valence-electron chi connectivity index (χ1n) is 9.42. The Hall–Kier alpha value is -0.770.